The minimum atomic E-state index is -3.81. The van der Waals surface area contributed by atoms with Gasteiger partial charge in [0.15, 0.2) is 0 Å². The Morgan fingerprint density at radius 2 is 1.84 bits per heavy atom. The Kier molecular flexibility index (Phi) is 6.59. The van der Waals surface area contributed by atoms with Crippen LogP contribution in [0.25, 0.3) is 11.5 Å². The largest absolute Gasteiger partial charge is 0.455 e. The van der Waals surface area contributed by atoms with Gasteiger partial charge in [-0.25, -0.2) is 22.6 Å². The molecule has 0 aliphatic carbocycles. The first-order chi connectivity index (χ1) is 15.3. The predicted molar refractivity (Wildman–Crippen MR) is 115 cm³/mol. The Balaban J connectivity index is 1.46. The summed E-state index contributed by atoms with van der Waals surface area (Å²) in [5.74, 6) is -0.834. The van der Waals surface area contributed by atoms with Crippen LogP contribution in [0.2, 0.25) is 5.02 Å². The van der Waals surface area contributed by atoms with E-state index in [-0.39, 0.29) is 33.8 Å². The van der Waals surface area contributed by atoms with E-state index in [0.717, 1.165) is 19.3 Å². The molecule has 2 aromatic carbocycles. The Labute approximate surface area is 189 Å². The molecule has 0 N–H and O–H groups in total. The fourth-order valence-corrected chi connectivity index (χ4v) is 5.41. The third-order valence-corrected chi connectivity index (χ3v) is 7.47. The quantitative estimate of drug-likeness (QED) is 0.478. The zero-order valence-electron chi connectivity index (χ0n) is 17.0. The molecule has 1 aliphatic heterocycles. The zero-order chi connectivity index (χ0) is 22.7. The molecule has 4 rings (SSSR count). The first-order valence-electron chi connectivity index (χ1n) is 10.0. The number of oxazole rings is 1. The normalized spacial score (nSPS) is 14.9. The molecule has 10 heteroatoms. The van der Waals surface area contributed by atoms with Gasteiger partial charge < -0.3 is 9.15 Å². The van der Waals surface area contributed by atoms with Crippen LogP contribution in [0.3, 0.4) is 0 Å². The summed E-state index contributed by atoms with van der Waals surface area (Å²) in [6, 6.07) is 9.64. The fraction of sp³-hybridized carbons (Fsp3) is 0.273. The zero-order valence-corrected chi connectivity index (χ0v) is 18.5. The molecule has 7 nitrogen and oxygen atoms in total. The number of piperidine rings is 1. The Morgan fingerprint density at radius 3 is 2.56 bits per heavy atom. The first-order valence-corrected chi connectivity index (χ1v) is 11.8. The van der Waals surface area contributed by atoms with Crippen LogP contribution in [0.5, 0.6) is 0 Å². The number of hydrogen-bond donors (Lipinski definition) is 0. The summed E-state index contributed by atoms with van der Waals surface area (Å²) in [5.41, 5.74) is 0.995. The van der Waals surface area contributed by atoms with E-state index in [0.29, 0.717) is 24.3 Å². The van der Waals surface area contributed by atoms with Crippen molar-refractivity contribution in [2.24, 2.45) is 0 Å². The topological polar surface area (TPSA) is 89.7 Å². The maximum absolute atomic E-state index is 13.1. The SMILES string of the molecule is O=C(OCc1coc(-c2ccc(F)cc2)n1)c1ccc(Cl)c(S(=O)(=O)N2CCCCC2)c1. The highest BCUT2D eigenvalue weighted by molar-refractivity contribution is 7.89. The summed E-state index contributed by atoms with van der Waals surface area (Å²) in [6.45, 7) is 0.673. The lowest BCUT2D eigenvalue weighted by atomic mass is 10.2. The number of ether oxygens (including phenoxy) is 1. The number of sulfonamides is 1. The molecule has 32 heavy (non-hydrogen) atoms. The second-order valence-corrected chi connectivity index (χ2v) is 9.65. The highest BCUT2D eigenvalue weighted by Crippen LogP contribution is 2.28. The van der Waals surface area contributed by atoms with Crippen molar-refractivity contribution in [1.29, 1.82) is 0 Å². The van der Waals surface area contributed by atoms with Gasteiger partial charge in [-0.2, -0.15) is 4.31 Å². The summed E-state index contributed by atoms with van der Waals surface area (Å²) in [7, 11) is -3.81. The van der Waals surface area contributed by atoms with Gasteiger partial charge in [0.25, 0.3) is 0 Å². The summed E-state index contributed by atoms with van der Waals surface area (Å²) in [6.07, 6.45) is 3.89. The minimum absolute atomic E-state index is 0.0487. The lowest BCUT2D eigenvalue weighted by molar-refractivity contribution is 0.0467. The maximum Gasteiger partial charge on any atom is 0.338 e. The van der Waals surface area contributed by atoms with E-state index < -0.39 is 16.0 Å². The Bertz CT molecular complexity index is 1220. The van der Waals surface area contributed by atoms with Crippen LogP contribution in [0, 0.1) is 5.82 Å². The number of nitrogens with zero attached hydrogens (tertiary/aromatic N) is 2. The monoisotopic (exact) mass is 478 g/mol. The average molecular weight is 479 g/mol. The van der Waals surface area contributed by atoms with Gasteiger partial charge in [0.05, 0.1) is 10.6 Å². The number of carbonyl (C=O) groups is 1. The van der Waals surface area contributed by atoms with E-state index in [9.17, 15) is 17.6 Å². The molecule has 0 amide bonds. The molecule has 0 bridgehead atoms. The molecule has 0 unspecified atom stereocenters. The van der Waals surface area contributed by atoms with Gasteiger partial charge in [-0.1, -0.05) is 18.0 Å². The molecule has 1 aliphatic rings. The van der Waals surface area contributed by atoms with Crippen LogP contribution in [0.15, 0.2) is 58.0 Å². The van der Waals surface area contributed by atoms with Crippen molar-refractivity contribution < 1.29 is 26.8 Å². The first kappa shape index (κ1) is 22.4. The molecule has 0 saturated carbocycles. The van der Waals surface area contributed by atoms with Crippen LogP contribution in [0.4, 0.5) is 4.39 Å². The molecule has 2 heterocycles. The van der Waals surface area contributed by atoms with E-state index >= 15 is 0 Å². The molecule has 0 radical (unpaired) electrons. The van der Waals surface area contributed by atoms with E-state index in [4.69, 9.17) is 20.8 Å². The highest BCUT2D eigenvalue weighted by Gasteiger charge is 2.29. The molecule has 3 aromatic rings. The number of halogens is 2. The van der Waals surface area contributed by atoms with Crippen LogP contribution in [-0.2, 0) is 21.4 Å². The van der Waals surface area contributed by atoms with Crippen molar-refractivity contribution in [3.63, 3.8) is 0 Å². The third-order valence-electron chi connectivity index (χ3n) is 5.09. The lowest BCUT2D eigenvalue weighted by Gasteiger charge is -2.26. The number of hydrogen-bond acceptors (Lipinski definition) is 6. The number of carbonyl (C=O) groups excluding carboxylic acids is 1. The van der Waals surface area contributed by atoms with Crippen LogP contribution < -0.4 is 0 Å². The van der Waals surface area contributed by atoms with Gasteiger partial charge >= 0.3 is 5.97 Å². The number of rotatable bonds is 6. The van der Waals surface area contributed by atoms with Gasteiger partial charge in [0, 0.05) is 18.7 Å². The van der Waals surface area contributed by atoms with E-state index in [2.05, 4.69) is 4.98 Å². The smallest absolute Gasteiger partial charge is 0.338 e. The van der Waals surface area contributed by atoms with Gasteiger partial charge in [-0.15, -0.1) is 0 Å². The summed E-state index contributed by atoms with van der Waals surface area (Å²) < 4.78 is 51.0. The van der Waals surface area contributed by atoms with Crippen molar-refractivity contribution in [3.05, 3.63) is 70.8 Å². The Hall–Kier alpha value is -2.75. The van der Waals surface area contributed by atoms with E-state index in [1.165, 1.54) is 53.0 Å². The van der Waals surface area contributed by atoms with Gasteiger partial charge in [0.1, 0.15) is 29.3 Å². The average Bonchev–Trinajstić information content (AvgIpc) is 3.28. The van der Waals surface area contributed by atoms with Crippen molar-refractivity contribution >= 4 is 27.6 Å². The molecular weight excluding hydrogens is 459 g/mol. The number of aromatic nitrogens is 1. The maximum atomic E-state index is 13.1. The van der Waals surface area contributed by atoms with Crippen molar-refractivity contribution in [3.8, 4) is 11.5 Å². The minimum Gasteiger partial charge on any atom is -0.455 e. The van der Waals surface area contributed by atoms with E-state index in [1.807, 2.05) is 0 Å². The van der Waals surface area contributed by atoms with Crippen LogP contribution in [0.1, 0.15) is 35.3 Å². The number of benzene rings is 2. The highest BCUT2D eigenvalue weighted by atomic mass is 35.5. The molecule has 0 atom stereocenters. The summed E-state index contributed by atoms with van der Waals surface area (Å²) in [4.78, 5) is 16.6. The Morgan fingerprint density at radius 1 is 1.12 bits per heavy atom. The van der Waals surface area contributed by atoms with Crippen LogP contribution >= 0.6 is 11.6 Å². The van der Waals surface area contributed by atoms with Crippen molar-refractivity contribution in [2.75, 3.05) is 13.1 Å². The molecule has 168 valence electrons. The lowest BCUT2D eigenvalue weighted by Crippen LogP contribution is -2.35. The molecule has 1 aromatic heterocycles. The van der Waals surface area contributed by atoms with Gasteiger partial charge in [-0.05, 0) is 55.3 Å². The molecule has 0 spiro atoms. The summed E-state index contributed by atoms with van der Waals surface area (Å²) >= 11 is 6.14. The molecule has 1 fully saturated rings. The fourth-order valence-electron chi connectivity index (χ4n) is 3.39. The van der Waals surface area contributed by atoms with Crippen molar-refractivity contribution in [1.82, 2.24) is 9.29 Å². The van der Waals surface area contributed by atoms with Crippen molar-refractivity contribution in [2.45, 2.75) is 30.8 Å². The second kappa shape index (κ2) is 9.40. The summed E-state index contributed by atoms with van der Waals surface area (Å²) in [5, 5.41) is 0.0487. The van der Waals surface area contributed by atoms with E-state index in [1.54, 1.807) is 0 Å². The molecular formula is C22H20ClFN2O5S. The van der Waals surface area contributed by atoms with Gasteiger partial charge in [0.2, 0.25) is 15.9 Å². The van der Waals surface area contributed by atoms with Crippen LogP contribution in [-0.4, -0.2) is 36.8 Å². The standard InChI is InChI=1S/C22H20ClFN2O5S/c23-19-9-6-16(12-20(19)32(28,29)26-10-2-1-3-11-26)22(27)31-14-18-13-30-21(25-18)15-4-7-17(24)8-5-15/h4-9,12-13H,1-3,10-11,14H2. The predicted octanol–water partition coefficient (Wildman–Crippen LogP) is 4.67. The van der Waals surface area contributed by atoms with Gasteiger partial charge in [-0.3, -0.25) is 0 Å². The third kappa shape index (κ3) is 4.85. The number of esters is 1. The second-order valence-electron chi connectivity index (χ2n) is 7.34. The molecule has 1 saturated heterocycles.